The van der Waals surface area contributed by atoms with E-state index < -0.39 is 0 Å². The van der Waals surface area contributed by atoms with Crippen molar-refractivity contribution in [1.82, 2.24) is 20.8 Å². The van der Waals surface area contributed by atoms with Crippen LogP contribution in [0.4, 0.5) is 5.69 Å². The van der Waals surface area contributed by atoms with Crippen molar-refractivity contribution >= 4 is 35.6 Å². The van der Waals surface area contributed by atoms with E-state index >= 15 is 0 Å². The first-order chi connectivity index (χ1) is 14.8. The predicted octanol–water partition coefficient (Wildman–Crippen LogP) is 4.49. The van der Waals surface area contributed by atoms with E-state index in [2.05, 4.69) is 89.6 Å². The van der Waals surface area contributed by atoms with Crippen molar-refractivity contribution in [2.45, 2.75) is 71.3 Å². The van der Waals surface area contributed by atoms with Crippen LogP contribution in [0.2, 0.25) is 0 Å². The van der Waals surface area contributed by atoms with Crippen molar-refractivity contribution < 1.29 is 4.52 Å². The van der Waals surface area contributed by atoms with Crippen LogP contribution in [0.3, 0.4) is 0 Å². The van der Waals surface area contributed by atoms with Gasteiger partial charge in [0.1, 0.15) is 0 Å². The highest BCUT2D eigenvalue weighted by Gasteiger charge is 2.21. The number of rotatable bonds is 6. The Kier molecular flexibility index (Phi) is 9.79. The molecule has 1 aliphatic rings. The Morgan fingerprint density at radius 2 is 1.84 bits per heavy atom. The summed E-state index contributed by atoms with van der Waals surface area (Å²) in [6, 6.07) is 9.47. The monoisotopic (exact) mass is 554 g/mol. The molecular weight excluding hydrogens is 515 g/mol. The van der Waals surface area contributed by atoms with Crippen molar-refractivity contribution in [2.24, 2.45) is 4.99 Å². The molecule has 3 rings (SSSR count). The maximum absolute atomic E-state index is 5.30. The summed E-state index contributed by atoms with van der Waals surface area (Å²) < 4.78 is 5.30. The number of anilines is 1. The third-order valence-corrected chi connectivity index (χ3v) is 5.79. The molecule has 0 atom stereocenters. The second-order valence-corrected chi connectivity index (χ2v) is 9.65. The van der Waals surface area contributed by atoms with Gasteiger partial charge in [0.25, 0.3) is 0 Å². The Morgan fingerprint density at radius 1 is 1.19 bits per heavy atom. The van der Waals surface area contributed by atoms with Crippen LogP contribution in [0, 0.1) is 0 Å². The second kappa shape index (κ2) is 11.9. The molecule has 2 N–H and O–H groups in total. The summed E-state index contributed by atoms with van der Waals surface area (Å²) in [5.41, 5.74) is 2.89. The van der Waals surface area contributed by atoms with Gasteiger partial charge in [-0.05, 0) is 36.0 Å². The number of halogens is 1. The van der Waals surface area contributed by atoms with Crippen LogP contribution in [0.5, 0.6) is 0 Å². The second-order valence-electron chi connectivity index (χ2n) is 9.65. The van der Waals surface area contributed by atoms with Gasteiger partial charge in [-0.15, -0.1) is 24.0 Å². The summed E-state index contributed by atoms with van der Waals surface area (Å²) in [5, 5.41) is 10.9. The minimum atomic E-state index is 0. The third-order valence-electron chi connectivity index (χ3n) is 5.79. The topological polar surface area (TPSA) is 78.6 Å². The molecule has 2 heterocycles. The summed E-state index contributed by atoms with van der Waals surface area (Å²) >= 11 is 0. The highest BCUT2D eigenvalue weighted by molar-refractivity contribution is 14.0. The van der Waals surface area contributed by atoms with Gasteiger partial charge in [-0.25, -0.2) is 0 Å². The zero-order chi connectivity index (χ0) is 22.4. The average Bonchev–Trinajstić information content (AvgIpc) is 3.22. The molecule has 1 aromatic heterocycles. The fourth-order valence-electron chi connectivity index (χ4n) is 3.73. The van der Waals surface area contributed by atoms with Crippen LogP contribution in [0.15, 0.2) is 33.8 Å². The molecule has 0 aliphatic carbocycles. The lowest BCUT2D eigenvalue weighted by Crippen LogP contribution is -2.49. The standard InChI is InChI=1S/C24H38N6O.HI/c1-17(2)22-28-21(31-29-22)11-14-26-23(25-6)27-19-12-15-30(16-13-19)20-9-7-18(8-10-20)24(3,4)5;/h7-10,17,19H,11-16H2,1-6H3,(H2,25,26,27);1H. The SMILES string of the molecule is CN=C(NCCc1nc(C(C)C)no1)NC1CCN(c2ccc(C(C)(C)C)cc2)CC1.I. The molecule has 1 aliphatic heterocycles. The Balaban J connectivity index is 0.00000363. The number of benzene rings is 1. The van der Waals surface area contributed by atoms with Crippen LogP contribution >= 0.6 is 24.0 Å². The highest BCUT2D eigenvalue weighted by Crippen LogP contribution is 2.26. The smallest absolute Gasteiger partial charge is 0.228 e. The maximum atomic E-state index is 5.30. The van der Waals surface area contributed by atoms with E-state index in [1.807, 2.05) is 7.05 Å². The largest absolute Gasteiger partial charge is 0.371 e. The number of hydrogen-bond acceptors (Lipinski definition) is 5. The van der Waals surface area contributed by atoms with Crippen LogP contribution in [-0.2, 0) is 11.8 Å². The van der Waals surface area contributed by atoms with Crippen LogP contribution in [0.25, 0.3) is 0 Å². The fourth-order valence-corrected chi connectivity index (χ4v) is 3.73. The lowest BCUT2D eigenvalue weighted by Gasteiger charge is -2.35. The molecule has 1 fully saturated rings. The van der Waals surface area contributed by atoms with E-state index in [1.54, 1.807) is 0 Å². The number of aromatic nitrogens is 2. The van der Waals surface area contributed by atoms with E-state index in [0.717, 1.165) is 37.7 Å². The summed E-state index contributed by atoms with van der Waals surface area (Å²) in [4.78, 5) is 11.3. The molecule has 1 aromatic carbocycles. The lowest BCUT2D eigenvalue weighted by molar-refractivity contribution is 0.371. The first kappa shape index (κ1) is 26.4. The fraction of sp³-hybridized carbons (Fsp3) is 0.625. The van der Waals surface area contributed by atoms with E-state index in [-0.39, 0.29) is 35.3 Å². The third kappa shape index (κ3) is 7.35. The van der Waals surface area contributed by atoms with Gasteiger partial charge in [-0.1, -0.05) is 51.9 Å². The van der Waals surface area contributed by atoms with Crippen molar-refractivity contribution in [3.8, 4) is 0 Å². The summed E-state index contributed by atoms with van der Waals surface area (Å²) in [6.45, 7) is 13.7. The number of piperidine rings is 1. The normalized spacial score (nSPS) is 15.6. The van der Waals surface area contributed by atoms with Gasteiger partial charge < -0.3 is 20.1 Å². The number of aliphatic imine (C=N–C) groups is 1. The molecule has 2 aromatic rings. The number of hydrogen-bond donors (Lipinski definition) is 2. The molecule has 7 nitrogen and oxygen atoms in total. The van der Waals surface area contributed by atoms with E-state index in [9.17, 15) is 0 Å². The first-order valence-electron chi connectivity index (χ1n) is 11.4. The molecule has 0 amide bonds. The van der Waals surface area contributed by atoms with Crippen molar-refractivity contribution in [3.63, 3.8) is 0 Å². The lowest BCUT2D eigenvalue weighted by atomic mass is 9.87. The molecule has 0 unspecified atom stereocenters. The zero-order valence-electron chi connectivity index (χ0n) is 20.3. The quantitative estimate of drug-likeness (QED) is 0.312. The van der Waals surface area contributed by atoms with Gasteiger partial charge in [0.05, 0.1) is 0 Å². The number of nitrogens with one attached hydrogen (secondary N) is 2. The van der Waals surface area contributed by atoms with Gasteiger partial charge in [-0.3, -0.25) is 4.99 Å². The van der Waals surface area contributed by atoms with Gasteiger partial charge in [0.2, 0.25) is 5.89 Å². The van der Waals surface area contributed by atoms with Crippen molar-refractivity contribution in [3.05, 3.63) is 41.5 Å². The Morgan fingerprint density at radius 3 is 2.38 bits per heavy atom. The Bertz CT molecular complexity index is 848. The molecule has 32 heavy (non-hydrogen) atoms. The molecule has 0 bridgehead atoms. The highest BCUT2D eigenvalue weighted by atomic mass is 127. The van der Waals surface area contributed by atoms with Gasteiger partial charge in [0, 0.05) is 50.7 Å². The number of nitrogens with zero attached hydrogens (tertiary/aromatic N) is 4. The summed E-state index contributed by atoms with van der Waals surface area (Å²) in [5.74, 6) is 2.54. The zero-order valence-corrected chi connectivity index (χ0v) is 22.6. The van der Waals surface area contributed by atoms with E-state index in [1.165, 1.54) is 11.3 Å². The van der Waals surface area contributed by atoms with Crippen molar-refractivity contribution in [2.75, 3.05) is 31.6 Å². The first-order valence-corrected chi connectivity index (χ1v) is 11.4. The van der Waals surface area contributed by atoms with Gasteiger partial charge >= 0.3 is 0 Å². The molecule has 178 valence electrons. The van der Waals surface area contributed by atoms with Crippen LogP contribution in [-0.4, -0.2) is 48.8 Å². The van der Waals surface area contributed by atoms with E-state index in [0.29, 0.717) is 24.9 Å². The Labute approximate surface area is 209 Å². The molecule has 1 saturated heterocycles. The van der Waals surface area contributed by atoms with Crippen LogP contribution < -0.4 is 15.5 Å². The molecule has 8 heteroatoms. The van der Waals surface area contributed by atoms with Crippen molar-refractivity contribution in [1.29, 1.82) is 0 Å². The van der Waals surface area contributed by atoms with Gasteiger partial charge in [-0.2, -0.15) is 4.98 Å². The molecule has 0 radical (unpaired) electrons. The van der Waals surface area contributed by atoms with Gasteiger partial charge in [0.15, 0.2) is 11.8 Å². The van der Waals surface area contributed by atoms with E-state index in [4.69, 9.17) is 4.52 Å². The number of guanidine groups is 1. The molecule has 0 spiro atoms. The Hall–Kier alpha value is -1.84. The minimum absolute atomic E-state index is 0. The molecular formula is C24H39IN6O. The summed E-state index contributed by atoms with van der Waals surface area (Å²) in [7, 11) is 1.81. The predicted molar refractivity (Wildman–Crippen MR) is 142 cm³/mol. The minimum Gasteiger partial charge on any atom is -0.371 e. The summed E-state index contributed by atoms with van der Waals surface area (Å²) in [6.07, 6.45) is 2.86. The van der Waals surface area contributed by atoms with Crippen LogP contribution in [0.1, 0.15) is 70.7 Å². The maximum Gasteiger partial charge on any atom is 0.228 e. The average molecular weight is 555 g/mol. The molecule has 0 saturated carbocycles.